The number of aromatic amines is 1. The van der Waals surface area contributed by atoms with Crippen LogP contribution in [0.15, 0.2) is 24.5 Å². The number of rotatable bonds is 3. The molecule has 1 aromatic carbocycles. The molecule has 0 aliphatic carbocycles. The summed E-state index contributed by atoms with van der Waals surface area (Å²) in [7, 11) is 0. The van der Waals surface area contributed by atoms with Crippen molar-refractivity contribution in [1.29, 1.82) is 0 Å². The van der Waals surface area contributed by atoms with Crippen LogP contribution in [0.1, 0.15) is 5.56 Å². The summed E-state index contributed by atoms with van der Waals surface area (Å²) in [6.07, 6.45) is 1.51. The Bertz CT molecular complexity index is 527. The van der Waals surface area contributed by atoms with Crippen molar-refractivity contribution in [2.75, 3.05) is 5.32 Å². The van der Waals surface area contributed by atoms with Gasteiger partial charge in [0.25, 0.3) is 0 Å². The van der Waals surface area contributed by atoms with Crippen LogP contribution in [-0.4, -0.2) is 21.1 Å². The van der Waals surface area contributed by atoms with Crippen molar-refractivity contribution in [3.8, 4) is 0 Å². The van der Waals surface area contributed by atoms with Crippen molar-refractivity contribution in [3.63, 3.8) is 0 Å². The summed E-state index contributed by atoms with van der Waals surface area (Å²) >= 11 is 11.6. The molecule has 0 spiro atoms. The number of carbonyl (C=O) groups excluding carboxylic acids is 1. The molecule has 17 heavy (non-hydrogen) atoms. The summed E-state index contributed by atoms with van der Waals surface area (Å²) in [5, 5.41) is 9.60. The number of halogens is 2. The third kappa shape index (κ3) is 3.18. The minimum atomic E-state index is -0.208. The smallest absolute Gasteiger partial charge is 0.231 e. The monoisotopic (exact) mass is 270 g/mol. The van der Waals surface area contributed by atoms with E-state index >= 15 is 0 Å². The quantitative estimate of drug-likeness (QED) is 0.899. The zero-order valence-electron chi connectivity index (χ0n) is 8.58. The second-order valence-corrected chi connectivity index (χ2v) is 4.12. The van der Waals surface area contributed by atoms with Gasteiger partial charge in [0.05, 0.1) is 16.5 Å². The highest BCUT2D eigenvalue weighted by Gasteiger charge is 2.07. The van der Waals surface area contributed by atoms with Crippen LogP contribution in [0.4, 0.5) is 5.95 Å². The maximum Gasteiger partial charge on any atom is 0.231 e. The lowest BCUT2D eigenvalue weighted by Gasteiger charge is -2.03. The van der Waals surface area contributed by atoms with E-state index in [1.54, 1.807) is 18.2 Å². The molecule has 1 heterocycles. The number of nitrogens with zero attached hydrogens (tertiary/aromatic N) is 2. The van der Waals surface area contributed by atoms with E-state index in [-0.39, 0.29) is 12.3 Å². The highest BCUT2D eigenvalue weighted by molar-refractivity contribution is 6.42. The summed E-state index contributed by atoms with van der Waals surface area (Å²) in [4.78, 5) is 15.4. The minimum absolute atomic E-state index is 0.192. The van der Waals surface area contributed by atoms with Gasteiger partial charge in [0, 0.05) is 0 Å². The third-order valence-corrected chi connectivity index (χ3v) is 2.76. The average molecular weight is 271 g/mol. The molecule has 0 aliphatic heterocycles. The van der Waals surface area contributed by atoms with Gasteiger partial charge >= 0.3 is 0 Å². The van der Waals surface area contributed by atoms with Gasteiger partial charge in [-0.25, -0.2) is 5.10 Å². The number of carbonyl (C=O) groups is 1. The first kappa shape index (κ1) is 11.9. The van der Waals surface area contributed by atoms with E-state index in [0.29, 0.717) is 16.0 Å². The van der Waals surface area contributed by atoms with Gasteiger partial charge in [-0.15, -0.1) is 0 Å². The van der Waals surface area contributed by atoms with E-state index in [1.165, 1.54) is 6.33 Å². The van der Waals surface area contributed by atoms with Crippen LogP contribution in [-0.2, 0) is 11.2 Å². The summed E-state index contributed by atoms with van der Waals surface area (Å²) in [5.74, 6) is 0.107. The van der Waals surface area contributed by atoms with Crippen LogP contribution < -0.4 is 5.32 Å². The Hall–Kier alpha value is -1.59. The first-order valence-electron chi connectivity index (χ1n) is 4.74. The lowest BCUT2D eigenvalue weighted by Crippen LogP contribution is -2.15. The summed E-state index contributed by atoms with van der Waals surface area (Å²) < 4.78 is 0. The average Bonchev–Trinajstić information content (AvgIpc) is 2.76. The standard InChI is InChI=1S/C10H8Cl2N4O/c11-7-2-1-6(3-8(7)12)4-9(17)15-10-13-5-14-16-10/h1-3,5H,4H2,(H2,13,14,15,16,17). The Labute approximate surface area is 107 Å². The zero-order chi connectivity index (χ0) is 12.3. The topological polar surface area (TPSA) is 70.7 Å². The Morgan fingerprint density at radius 2 is 2.18 bits per heavy atom. The Morgan fingerprint density at radius 3 is 2.82 bits per heavy atom. The van der Waals surface area contributed by atoms with E-state index in [0.717, 1.165) is 5.56 Å². The van der Waals surface area contributed by atoms with E-state index < -0.39 is 0 Å². The van der Waals surface area contributed by atoms with Crippen LogP contribution in [0.2, 0.25) is 10.0 Å². The van der Waals surface area contributed by atoms with Gasteiger partial charge in [-0.05, 0) is 17.7 Å². The SMILES string of the molecule is O=C(Cc1ccc(Cl)c(Cl)c1)Nc1ncn[nH]1. The lowest BCUT2D eigenvalue weighted by molar-refractivity contribution is -0.115. The number of hydrogen-bond donors (Lipinski definition) is 2. The number of anilines is 1. The molecule has 0 radical (unpaired) electrons. The number of H-pyrrole nitrogens is 1. The van der Waals surface area contributed by atoms with Crippen LogP contribution in [0.3, 0.4) is 0 Å². The molecule has 2 aromatic rings. The van der Waals surface area contributed by atoms with Crippen LogP contribution >= 0.6 is 23.2 Å². The Kier molecular flexibility index (Phi) is 3.61. The first-order chi connectivity index (χ1) is 8.15. The molecular formula is C10H8Cl2N4O. The lowest BCUT2D eigenvalue weighted by atomic mass is 10.1. The molecule has 0 fully saturated rings. The number of nitrogens with one attached hydrogen (secondary N) is 2. The highest BCUT2D eigenvalue weighted by Crippen LogP contribution is 2.22. The molecule has 0 bridgehead atoms. The molecule has 2 N–H and O–H groups in total. The molecule has 88 valence electrons. The van der Waals surface area contributed by atoms with Crippen LogP contribution in [0.5, 0.6) is 0 Å². The molecule has 0 saturated heterocycles. The van der Waals surface area contributed by atoms with Crippen molar-refractivity contribution in [2.45, 2.75) is 6.42 Å². The normalized spacial score (nSPS) is 10.2. The fourth-order valence-electron chi connectivity index (χ4n) is 1.28. The number of hydrogen-bond acceptors (Lipinski definition) is 3. The van der Waals surface area contributed by atoms with Crippen LogP contribution in [0.25, 0.3) is 0 Å². The number of aromatic nitrogens is 3. The van der Waals surface area contributed by atoms with Crippen molar-refractivity contribution in [3.05, 3.63) is 40.1 Å². The fourth-order valence-corrected chi connectivity index (χ4v) is 1.60. The Morgan fingerprint density at radius 1 is 1.35 bits per heavy atom. The number of benzene rings is 1. The highest BCUT2D eigenvalue weighted by atomic mass is 35.5. The van der Waals surface area contributed by atoms with Gasteiger partial charge in [-0.1, -0.05) is 29.3 Å². The molecular weight excluding hydrogens is 263 g/mol. The van der Waals surface area contributed by atoms with Gasteiger partial charge < -0.3 is 0 Å². The van der Waals surface area contributed by atoms with Crippen molar-refractivity contribution in [1.82, 2.24) is 15.2 Å². The van der Waals surface area contributed by atoms with E-state index in [4.69, 9.17) is 23.2 Å². The van der Waals surface area contributed by atoms with Gasteiger partial charge in [0.15, 0.2) is 0 Å². The van der Waals surface area contributed by atoms with E-state index in [9.17, 15) is 4.79 Å². The first-order valence-corrected chi connectivity index (χ1v) is 5.50. The predicted molar refractivity (Wildman–Crippen MR) is 65.2 cm³/mol. The largest absolute Gasteiger partial charge is 0.295 e. The van der Waals surface area contributed by atoms with Gasteiger partial charge in [-0.3, -0.25) is 10.1 Å². The second kappa shape index (κ2) is 5.16. The van der Waals surface area contributed by atoms with Gasteiger partial charge in [-0.2, -0.15) is 10.1 Å². The third-order valence-electron chi connectivity index (χ3n) is 2.02. The Balaban J connectivity index is 2.00. The number of amides is 1. The maximum absolute atomic E-state index is 11.6. The summed E-state index contributed by atoms with van der Waals surface area (Å²) in [6, 6.07) is 5.05. The van der Waals surface area contributed by atoms with Crippen molar-refractivity contribution < 1.29 is 4.79 Å². The molecule has 1 aromatic heterocycles. The van der Waals surface area contributed by atoms with E-state index in [1.807, 2.05) is 0 Å². The molecule has 5 nitrogen and oxygen atoms in total. The maximum atomic E-state index is 11.6. The minimum Gasteiger partial charge on any atom is -0.295 e. The predicted octanol–water partition coefficient (Wildman–Crippen LogP) is 2.29. The molecule has 0 saturated carbocycles. The molecule has 0 atom stereocenters. The molecule has 2 rings (SSSR count). The fraction of sp³-hybridized carbons (Fsp3) is 0.100. The van der Waals surface area contributed by atoms with Crippen molar-refractivity contribution in [2.24, 2.45) is 0 Å². The van der Waals surface area contributed by atoms with Crippen LogP contribution in [0, 0.1) is 0 Å². The molecule has 7 heteroatoms. The molecule has 0 unspecified atom stereocenters. The zero-order valence-corrected chi connectivity index (χ0v) is 10.1. The van der Waals surface area contributed by atoms with Gasteiger partial charge in [0.2, 0.25) is 11.9 Å². The van der Waals surface area contributed by atoms with Gasteiger partial charge in [0.1, 0.15) is 6.33 Å². The summed E-state index contributed by atoms with van der Waals surface area (Å²) in [6.45, 7) is 0. The summed E-state index contributed by atoms with van der Waals surface area (Å²) in [5.41, 5.74) is 0.774. The molecule has 0 aliphatic rings. The van der Waals surface area contributed by atoms with E-state index in [2.05, 4.69) is 20.5 Å². The molecule has 1 amide bonds. The second-order valence-electron chi connectivity index (χ2n) is 3.31. The van der Waals surface area contributed by atoms with Crippen molar-refractivity contribution >= 4 is 35.1 Å².